The highest BCUT2D eigenvalue weighted by molar-refractivity contribution is 7.22. The van der Waals surface area contributed by atoms with E-state index in [0.29, 0.717) is 22.4 Å². The van der Waals surface area contributed by atoms with Gasteiger partial charge >= 0.3 is 0 Å². The number of fused-ring (bicyclic) bond motifs is 1. The lowest BCUT2D eigenvalue weighted by Gasteiger charge is -2.22. The molecule has 0 aliphatic heterocycles. The predicted molar refractivity (Wildman–Crippen MR) is 117 cm³/mol. The summed E-state index contributed by atoms with van der Waals surface area (Å²) >= 11 is 7.72. The van der Waals surface area contributed by atoms with E-state index in [1.807, 2.05) is 69.2 Å². The Bertz CT molecular complexity index is 970. The van der Waals surface area contributed by atoms with Gasteiger partial charge < -0.3 is 9.64 Å². The summed E-state index contributed by atoms with van der Waals surface area (Å²) in [4.78, 5) is 21.4. The fraction of sp³-hybridized carbons (Fsp3) is 0.333. The lowest BCUT2D eigenvalue weighted by Crippen LogP contribution is -2.39. The summed E-state index contributed by atoms with van der Waals surface area (Å²) in [6, 6.07) is 11.5. The topological polar surface area (TPSA) is 45.7 Å². The average Bonchev–Trinajstić information content (AvgIpc) is 3.09. The van der Waals surface area contributed by atoms with Crippen LogP contribution in [0, 0.1) is 13.8 Å². The fourth-order valence-electron chi connectivity index (χ4n) is 2.69. The van der Waals surface area contributed by atoms with E-state index >= 15 is 0 Å². The normalized spacial score (nSPS) is 11.2. The van der Waals surface area contributed by atoms with Gasteiger partial charge in [0.2, 0.25) is 0 Å². The van der Waals surface area contributed by atoms with Crippen LogP contribution in [0.5, 0.6) is 5.75 Å². The molecule has 5 nitrogen and oxygen atoms in total. The first-order chi connectivity index (χ1) is 13.3. The lowest BCUT2D eigenvalue weighted by atomic mass is 10.2. The van der Waals surface area contributed by atoms with Gasteiger partial charge in [-0.1, -0.05) is 40.6 Å². The third kappa shape index (κ3) is 4.82. The zero-order valence-corrected chi connectivity index (χ0v) is 18.1. The summed E-state index contributed by atoms with van der Waals surface area (Å²) < 4.78 is 6.71. The Hall–Kier alpha value is -2.15. The van der Waals surface area contributed by atoms with Gasteiger partial charge in [-0.3, -0.25) is 9.69 Å². The Balaban J connectivity index is 1.82. The van der Waals surface area contributed by atoms with Crippen molar-refractivity contribution in [2.24, 2.45) is 0 Å². The SMILES string of the molecule is Cc1ccc(OCC(=O)N(CCN(C)C)c2nc3c(C)c(Cl)ccc3s2)cc1. The second kappa shape index (κ2) is 8.90. The van der Waals surface area contributed by atoms with Gasteiger partial charge in [0, 0.05) is 18.1 Å². The molecule has 0 N–H and O–H groups in total. The van der Waals surface area contributed by atoms with Gasteiger partial charge in [0.05, 0.1) is 10.2 Å². The van der Waals surface area contributed by atoms with E-state index in [1.165, 1.54) is 11.3 Å². The zero-order chi connectivity index (χ0) is 20.3. The minimum atomic E-state index is -0.120. The quantitative estimate of drug-likeness (QED) is 0.566. The Morgan fingerprint density at radius 2 is 1.82 bits per heavy atom. The van der Waals surface area contributed by atoms with Crippen molar-refractivity contribution in [1.82, 2.24) is 9.88 Å². The van der Waals surface area contributed by atoms with Crippen LogP contribution in [-0.2, 0) is 4.79 Å². The van der Waals surface area contributed by atoms with Gasteiger partial charge in [0.15, 0.2) is 11.7 Å². The number of likely N-dealkylation sites (N-methyl/N-ethyl adjacent to an activating group) is 1. The summed E-state index contributed by atoms with van der Waals surface area (Å²) in [7, 11) is 3.96. The number of anilines is 1. The van der Waals surface area contributed by atoms with Crippen LogP contribution < -0.4 is 9.64 Å². The van der Waals surface area contributed by atoms with E-state index < -0.39 is 0 Å². The van der Waals surface area contributed by atoms with Crippen molar-refractivity contribution in [1.29, 1.82) is 0 Å². The van der Waals surface area contributed by atoms with Crippen molar-refractivity contribution in [3.05, 3.63) is 52.5 Å². The molecule has 0 fully saturated rings. The summed E-state index contributed by atoms with van der Waals surface area (Å²) in [6.45, 7) is 5.19. The van der Waals surface area contributed by atoms with Gasteiger partial charge in [-0.05, 0) is 57.8 Å². The summed E-state index contributed by atoms with van der Waals surface area (Å²) in [5.41, 5.74) is 2.92. The van der Waals surface area contributed by atoms with Gasteiger partial charge in [0.1, 0.15) is 5.75 Å². The maximum absolute atomic E-state index is 12.9. The first-order valence-electron chi connectivity index (χ1n) is 9.05. The standard InChI is InChI=1S/C21H24ClN3O2S/c1-14-5-7-16(8-6-14)27-13-19(26)25(12-11-24(3)4)21-23-20-15(2)17(22)9-10-18(20)28-21/h5-10H,11-13H2,1-4H3. The summed E-state index contributed by atoms with van der Waals surface area (Å²) in [5, 5.41) is 1.35. The number of nitrogens with zero attached hydrogens (tertiary/aromatic N) is 3. The van der Waals surface area contributed by atoms with Crippen LogP contribution in [0.25, 0.3) is 10.2 Å². The Labute approximate surface area is 174 Å². The van der Waals surface area contributed by atoms with E-state index in [4.69, 9.17) is 21.3 Å². The molecule has 0 bridgehead atoms. The highest BCUT2D eigenvalue weighted by Gasteiger charge is 2.21. The molecular formula is C21H24ClN3O2S. The number of aryl methyl sites for hydroxylation is 2. The number of benzene rings is 2. The number of amides is 1. The van der Waals surface area contributed by atoms with Crippen LogP contribution in [-0.4, -0.2) is 49.6 Å². The molecule has 3 aromatic rings. The smallest absolute Gasteiger partial charge is 0.266 e. The predicted octanol–water partition coefficient (Wildman–Crippen LogP) is 4.54. The largest absolute Gasteiger partial charge is 0.484 e. The average molecular weight is 418 g/mol. The second-order valence-electron chi connectivity index (χ2n) is 6.97. The van der Waals surface area contributed by atoms with Crippen molar-refractivity contribution in [2.45, 2.75) is 13.8 Å². The van der Waals surface area contributed by atoms with E-state index in [-0.39, 0.29) is 12.5 Å². The van der Waals surface area contributed by atoms with Gasteiger partial charge in [0.25, 0.3) is 5.91 Å². The molecule has 0 unspecified atom stereocenters. The molecule has 0 saturated carbocycles. The Kier molecular flexibility index (Phi) is 6.54. The van der Waals surface area contributed by atoms with Crippen molar-refractivity contribution < 1.29 is 9.53 Å². The van der Waals surface area contributed by atoms with E-state index in [9.17, 15) is 4.79 Å². The minimum absolute atomic E-state index is 0.0356. The third-order valence-corrected chi connectivity index (χ3v) is 5.88. The first kappa shape index (κ1) is 20.6. The molecule has 7 heteroatoms. The van der Waals surface area contributed by atoms with Crippen molar-refractivity contribution in [3.63, 3.8) is 0 Å². The number of ether oxygens (including phenoxy) is 1. The van der Waals surface area contributed by atoms with E-state index in [0.717, 1.165) is 27.9 Å². The molecule has 1 heterocycles. The number of hydrogen-bond donors (Lipinski definition) is 0. The van der Waals surface area contributed by atoms with E-state index in [1.54, 1.807) is 4.90 Å². The highest BCUT2D eigenvalue weighted by Crippen LogP contribution is 2.33. The molecule has 0 aliphatic rings. The van der Waals surface area contributed by atoms with Crippen LogP contribution in [0.1, 0.15) is 11.1 Å². The van der Waals surface area contributed by atoms with Crippen LogP contribution in [0.15, 0.2) is 36.4 Å². The third-order valence-electron chi connectivity index (χ3n) is 4.42. The second-order valence-corrected chi connectivity index (χ2v) is 8.38. The van der Waals surface area contributed by atoms with E-state index in [2.05, 4.69) is 0 Å². The maximum atomic E-state index is 12.9. The van der Waals surface area contributed by atoms with Crippen molar-refractivity contribution in [2.75, 3.05) is 38.7 Å². The van der Waals surface area contributed by atoms with Crippen molar-refractivity contribution >= 4 is 44.2 Å². The number of thiazole rings is 1. The van der Waals surface area contributed by atoms with Gasteiger partial charge in [-0.15, -0.1) is 0 Å². The van der Waals surface area contributed by atoms with Crippen LogP contribution in [0.4, 0.5) is 5.13 Å². The molecule has 148 valence electrons. The van der Waals surface area contributed by atoms with Crippen LogP contribution >= 0.6 is 22.9 Å². The number of carbonyl (C=O) groups is 1. The van der Waals surface area contributed by atoms with Crippen LogP contribution in [0.2, 0.25) is 5.02 Å². The highest BCUT2D eigenvalue weighted by atomic mass is 35.5. The zero-order valence-electron chi connectivity index (χ0n) is 16.5. The molecule has 0 saturated heterocycles. The minimum Gasteiger partial charge on any atom is -0.484 e. The lowest BCUT2D eigenvalue weighted by molar-refractivity contribution is -0.120. The number of rotatable bonds is 7. The molecule has 0 radical (unpaired) electrons. The number of hydrogen-bond acceptors (Lipinski definition) is 5. The van der Waals surface area contributed by atoms with Gasteiger partial charge in [-0.25, -0.2) is 4.98 Å². The van der Waals surface area contributed by atoms with Gasteiger partial charge in [-0.2, -0.15) is 0 Å². The molecule has 2 aromatic carbocycles. The fourth-order valence-corrected chi connectivity index (χ4v) is 3.91. The molecular weight excluding hydrogens is 394 g/mol. The molecule has 1 aromatic heterocycles. The molecule has 3 rings (SSSR count). The summed E-state index contributed by atoms with van der Waals surface area (Å²) in [5.74, 6) is 0.559. The molecule has 0 aliphatic carbocycles. The van der Waals surface area contributed by atoms with Crippen LogP contribution in [0.3, 0.4) is 0 Å². The first-order valence-corrected chi connectivity index (χ1v) is 10.2. The Morgan fingerprint density at radius 1 is 1.11 bits per heavy atom. The number of carbonyl (C=O) groups excluding carboxylic acids is 1. The molecule has 0 atom stereocenters. The number of halogens is 1. The molecule has 1 amide bonds. The maximum Gasteiger partial charge on any atom is 0.266 e. The Morgan fingerprint density at radius 3 is 2.50 bits per heavy atom. The number of aromatic nitrogens is 1. The summed E-state index contributed by atoms with van der Waals surface area (Å²) in [6.07, 6.45) is 0. The van der Waals surface area contributed by atoms with Crippen molar-refractivity contribution in [3.8, 4) is 5.75 Å². The monoisotopic (exact) mass is 417 g/mol. The molecule has 28 heavy (non-hydrogen) atoms. The molecule has 0 spiro atoms.